The highest BCUT2D eigenvalue weighted by Gasteiger charge is 2.28. The Morgan fingerprint density at radius 2 is 2.26 bits per heavy atom. The van der Waals surface area contributed by atoms with Crippen LogP contribution in [0.5, 0.6) is 0 Å². The van der Waals surface area contributed by atoms with Gasteiger partial charge in [-0.2, -0.15) is 0 Å². The van der Waals surface area contributed by atoms with Crippen LogP contribution in [0.2, 0.25) is 0 Å². The molecule has 19 heavy (non-hydrogen) atoms. The van der Waals surface area contributed by atoms with Crippen molar-refractivity contribution in [2.24, 2.45) is 11.7 Å². The summed E-state index contributed by atoms with van der Waals surface area (Å²) < 4.78 is 0. The van der Waals surface area contributed by atoms with Crippen LogP contribution in [0.3, 0.4) is 0 Å². The van der Waals surface area contributed by atoms with Gasteiger partial charge >= 0.3 is 0 Å². The predicted octanol–water partition coefficient (Wildman–Crippen LogP) is 2.73. The molecule has 1 aromatic rings. The number of aromatic nitrogens is 1. The maximum Gasteiger partial charge on any atom is 0.122 e. The summed E-state index contributed by atoms with van der Waals surface area (Å²) in [7, 11) is 0. The molecule has 1 aliphatic rings. The third kappa shape index (κ3) is 4.55. The van der Waals surface area contributed by atoms with Crippen LogP contribution in [-0.4, -0.2) is 27.5 Å². The number of thiocarbonyl (C=S) groups is 1. The van der Waals surface area contributed by atoms with Crippen molar-refractivity contribution >= 4 is 17.2 Å². The van der Waals surface area contributed by atoms with Gasteiger partial charge in [-0.3, -0.25) is 9.88 Å². The molecular weight excluding hydrogens is 254 g/mol. The molecule has 3 nitrogen and oxygen atoms in total. The minimum absolute atomic E-state index is 0.377. The third-order valence-corrected chi connectivity index (χ3v) is 3.73. The molecule has 1 aromatic heterocycles. The van der Waals surface area contributed by atoms with Gasteiger partial charge in [0, 0.05) is 18.8 Å². The van der Waals surface area contributed by atoms with Gasteiger partial charge in [0.2, 0.25) is 0 Å². The van der Waals surface area contributed by atoms with Crippen molar-refractivity contribution in [3.63, 3.8) is 0 Å². The molecule has 2 N–H and O–H groups in total. The fourth-order valence-corrected chi connectivity index (χ4v) is 2.31. The molecular formula is C15H23N3S. The van der Waals surface area contributed by atoms with E-state index in [1.54, 1.807) is 6.20 Å². The van der Waals surface area contributed by atoms with Crippen molar-refractivity contribution in [1.29, 1.82) is 0 Å². The van der Waals surface area contributed by atoms with Crippen molar-refractivity contribution in [1.82, 2.24) is 9.88 Å². The van der Waals surface area contributed by atoms with Crippen LogP contribution >= 0.6 is 12.2 Å². The van der Waals surface area contributed by atoms with E-state index in [2.05, 4.69) is 29.8 Å². The van der Waals surface area contributed by atoms with Crippen LogP contribution in [0.15, 0.2) is 18.3 Å². The Kier molecular flexibility index (Phi) is 4.88. The van der Waals surface area contributed by atoms with Gasteiger partial charge in [0.1, 0.15) is 4.99 Å². The molecule has 1 fully saturated rings. The summed E-state index contributed by atoms with van der Waals surface area (Å²) in [6.45, 7) is 6.72. The summed E-state index contributed by atoms with van der Waals surface area (Å²) in [5.41, 5.74) is 7.63. The average Bonchev–Trinajstić information content (AvgIpc) is 3.18. The Hall–Kier alpha value is -1.00. The lowest BCUT2D eigenvalue weighted by molar-refractivity contribution is 0.239. The van der Waals surface area contributed by atoms with Crippen molar-refractivity contribution in [2.75, 3.05) is 6.54 Å². The van der Waals surface area contributed by atoms with Gasteiger partial charge in [-0.25, -0.2) is 0 Å². The molecule has 1 aliphatic carbocycles. The number of pyridine rings is 1. The first-order valence-corrected chi connectivity index (χ1v) is 7.46. The molecule has 0 amide bonds. The molecule has 0 aromatic carbocycles. The molecule has 1 heterocycles. The first kappa shape index (κ1) is 14.4. The summed E-state index contributed by atoms with van der Waals surface area (Å²) in [5, 5.41) is 0. The van der Waals surface area contributed by atoms with E-state index in [0.717, 1.165) is 24.2 Å². The zero-order chi connectivity index (χ0) is 13.8. The van der Waals surface area contributed by atoms with Crippen molar-refractivity contribution in [2.45, 2.75) is 45.7 Å². The summed E-state index contributed by atoms with van der Waals surface area (Å²) in [5.74, 6) is 0.755. The number of hydrogen-bond donors (Lipinski definition) is 1. The second-order valence-electron chi connectivity index (χ2n) is 5.80. The number of rotatable bonds is 7. The van der Waals surface area contributed by atoms with Crippen LogP contribution in [0, 0.1) is 5.92 Å². The first-order chi connectivity index (χ1) is 9.06. The molecule has 0 saturated heterocycles. The zero-order valence-corrected chi connectivity index (χ0v) is 12.6. The standard InChI is InChI=1S/C15H23N3S/c1-11(2)6-8-18(13-3-4-13)10-12-5-7-17-14(9-12)15(16)19/h5,7,9,11,13H,3-4,6,8,10H2,1-2H3,(H2,16,19). The van der Waals surface area contributed by atoms with E-state index in [-0.39, 0.29) is 0 Å². The summed E-state index contributed by atoms with van der Waals surface area (Å²) >= 11 is 4.99. The summed E-state index contributed by atoms with van der Waals surface area (Å²) in [6.07, 6.45) is 5.73. The van der Waals surface area contributed by atoms with E-state index in [1.807, 2.05) is 6.07 Å². The molecule has 1 saturated carbocycles. The lowest BCUT2D eigenvalue weighted by Crippen LogP contribution is -2.27. The molecule has 0 radical (unpaired) electrons. The van der Waals surface area contributed by atoms with Gasteiger partial charge in [-0.05, 0) is 49.4 Å². The fourth-order valence-electron chi connectivity index (χ4n) is 2.20. The van der Waals surface area contributed by atoms with Gasteiger partial charge in [0.05, 0.1) is 5.69 Å². The Bertz CT molecular complexity index is 441. The van der Waals surface area contributed by atoms with Crippen LogP contribution < -0.4 is 5.73 Å². The highest BCUT2D eigenvalue weighted by atomic mass is 32.1. The van der Waals surface area contributed by atoms with E-state index < -0.39 is 0 Å². The van der Waals surface area contributed by atoms with E-state index in [9.17, 15) is 0 Å². The van der Waals surface area contributed by atoms with Crippen LogP contribution in [-0.2, 0) is 6.54 Å². The Labute approximate surface area is 121 Å². The number of nitrogens with two attached hydrogens (primary N) is 1. The van der Waals surface area contributed by atoms with Crippen LogP contribution in [0.4, 0.5) is 0 Å². The topological polar surface area (TPSA) is 42.2 Å². The van der Waals surface area contributed by atoms with E-state index in [4.69, 9.17) is 18.0 Å². The van der Waals surface area contributed by atoms with Crippen molar-refractivity contribution in [3.8, 4) is 0 Å². The van der Waals surface area contributed by atoms with E-state index in [1.165, 1.54) is 31.4 Å². The van der Waals surface area contributed by atoms with Crippen LogP contribution in [0.25, 0.3) is 0 Å². The SMILES string of the molecule is CC(C)CCN(Cc1ccnc(C(N)=S)c1)C1CC1. The highest BCUT2D eigenvalue weighted by Crippen LogP contribution is 2.28. The van der Waals surface area contributed by atoms with E-state index >= 15 is 0 Å². The minimum Gasteiger partial charge on any atom is -0.388 e. The van der Waals surface area contributed by atoms with Gasteiger partial charge < -0.3 is 5.73 Å². The minimum atomic E-state index is 0.377. The fraction of sp³-hybridized carbons (Fsp3) is 0.600. The monoisotopic (exact) mass is 277 g/mol. The lowest BCUT2D eigenvalue weighted by atomic mass is 10.1. The molecule has 0 aliphatic heterocycles. The largest absolute Gasteiger partial charge is 0.388 e. The molecule has 0 unspecified atom stereocenters. The quantitative estimate of drug-likeness (QED) is 0.778. The van der Waals surface area contributed by atoms with Crippen molar-refractivity contribution in [3.05, 3.63) is 29.6 Å². The van der Waals surface area contributed by atoms with E-state index in [0.29, 0.717) is 4.99 Å². The van der Waals surface area contributed by atoms with Gasteiger partial charge in [-0.1, -0.05) is 26.1 Å². The van der Waals surface area contributed by atoms with Crippen molar-refractivity contribution < 1.29 is 0 Å². The molecule has 0 bridgehead atoms. The Balaban J connectivity index is 2.00. The Morgan fingerprint density at radius 1 is 1.53 bits per heavy atom. The average molecular weight is 277 g/mol. The first-order valence-electron chi connectivity index (χ1n) is 7.05. The smallest absolute Gasteiger partial charge is 0.122 e. The number of nitrogens with zero attached hydrogens (tertiary/aromatic N) is 2. The zero-order valence-electron chi connectivity index (χ0n) is 11.8. The summed E-state index contributed by atoms with van der Waals surface area (Å²) in [6, 6.07) is 4.86. The molecule has 2 rings (SSSR count). The van der Waals surface area contributed by atoms with Gasteiger partial charge in [0.15, 0.2) is 0 Å². The normalized spacial score (nSPS) is 15.2. The Morgan fingerprint density at radius 3 is 2.84 bits per heavy atom. The second kappa shape index (κ2) is 6.44. The maximum atomic E-state index is 5.64. The lowest BCUT2D eigenvalue weighted by Gasteiger charge is -2.23. The molecule has 104 valence electrons. The molecule has 0 spiro atoms. The molecule has 0 atom stereocenters. The maximum absolute atomic E-state index is 5.64. The highest BCUT2D eigenvalue weighted by molar-refractivity contribution is 7.80. The van der Waals surface area contributed by atoms with Crippen LogP contribution in [0.1, 0.15) is 44.4 Å². The summed E-state index contributed by atoms with van der Waals surface area (Å²) in [4.78, 5) is 7.16. The number of hydrogen-bond acceptors (Lipinski definition) is 3. The second-order valence-corrected chi connectivity index (χ2v) is 6.24. The van der Waals surface area contributed by atoms with Gasteiger partial charge in [-0.15, -0.1) is 0 Å². The third-order valence-electron chi connectivity index (χ3n) is 3.52. The predicted molar refractivity (Wildman–Crippen MR) is 83.0 cm³/mol. The molecule has 4 heteroatoms. The van der Waals surface area contributed by atoms with Gasteiger partial charge in [0.25, 0.3) is 0 Å².